The van der Waals surface area contributed by atoms with Crippen LogP contribution in [-0.4, -0.2) is 130 Å². The standard InChI is InChI=1S/C25H52N2O10/c1-25(2,3)37-24(28)27-7-4-5-8-29-10-12-31-14-16-33-18-20-35-22-23-36-21-19-34-17-15-32-13-11-30-9-6-26/h4-23,26H2,1-3H3,(H,27,28). The summed E-state index contributed by atoms with van der Waals surface area (Å²) in [7, 11) is 0. The summed E-state index contributed by atoms with van der Waals surface area (Å²) < 4.78 is 48.4. The number of unbranched alkanes of at least 4 members (excludes halogenated alkanes) is 1. The van der Waals surface area contributed by atoms with E-state index < -0.39 is 5.60 Å². The lowest BCUT2D eigenvalue weighted by atomic mass is 10.2. The number of nitrogens with one attached hydrogen (secondary N) is 1. The molecule has 0 aromatic heterocycles. The lowest BCUT2D eigenvalue weighted by Gasteiger charge is -2.19. The van der Waals surface area contributed by atoms with Crippen LogP contribution in [0.15, 0.2) is 0 Å². The summed E-state index contributed by atoms with van der Waals surface area (Å²) in [6.45, 7) is 15.1. The Hall–Kier alpha value is -1.09. The molecular formula is C25H52N2O10. The molecular weight excluding hydrogens is 488 g/mol. The number of rotatable bonds is 28. The smallest absolute Gasteiger partial charge is 0.407 e. The first-order valence-electron chi connectivity index (χ1n) is 13.2. The Balaban J connectivity index is 3.09. The maximum absolute atomic E-state index is 11.5. The van der Waals surface area contributed by atoms with E-state index in [-0.39, 0.29) is 6.09 Å². The Morgan fingerprint density at radius 2 is 0.865 bits per heavy atom. The van der Waals surface area contributed by atoms with E-state index in [2.05, 4.69) is 5.32 Å². The fourth-order valence-corrected chi connectivity index (χ4v) is 2.56. The third kappa shape index (κ3) is 32.9. The van der Waals surface area contributed by atoms with Crippen molar-refractivity contribution < 1.29 is 47.4 Å². The largest absolute Gasteiger partial charge is 0.444 e. The normalized spacial score (nSPS) is 11.7. The van der Waals surface area contributed by atoms with Gasteiger partial charge in [0.1, 0.15) is 5.60 Å². The molecule has 0 saturated carbocycles. The third-order valence-corrected chi connectivity index (χ3v) is 4.25. The minimum Gasteiger partial charge on any atom is -0.444 e. The van der Waals surface area contributed by atoms with Crippen LogP contribution < -0.4 is 11.1 Å². The van der Waals surface area contributed by atoms with Crippen molar-refractivity contribution >= 4 is 6.09 Å². The Bertz CT molecular complexity index is 481. The van der Waals surface area contributed by atoms with Crippen LogP contribution in [0.5, 0.6) is 0 Å². The van der Waals surface area contributed by atoms with Crippen LogP contribution in [0.25, 0.3) is 0 Å². The summed E-state index contributed by atoms with van der Waals surface area (Å²) in [6, 6.07) is 0. The quantitative estimate of drug-likeness (QED) is 0.139. The number of hydrogen-bond acceptors (Lipinski definition) is 11. The monoisotopic (exact) mass is 540 g/mol. The molecule has 0 aromatic rings. The molecule has 0 fully saturated rings. The third-order valence-electron chi connectivity index (χ3n) is 4.25. The molecule has 0 heterocycles. The zero-order chi connectivity index (χ0) is 27.3. The molecule has 0 aliphatic heterocycles. The van der Waals surface area contributed by atoms with Gasteiger partial charge in [-0.1, -0.05) is 0 Å². The van der Waals surface area contributed by atoms with Gasteiger partial charge in [0, 0.05) is 19.7 Å². The van der Waals surface area contributed by atoms with Gasteiger partial charge in [0.15, 0.2) is 0 Å². The van der Waals surface area contributed by atoms with Crippen molar-refractivity contribution in [3.05, 3.63) is 0 Å². The zero-order valence-corrected chi connectivity index (χ0v) is 23.3. The van der Waals surface area contributed by atoms with Gasteiger partial charge in [-0.15, -0.1) is 0 Å². The van der Waals surface area contributed by atoms with Crippen molar-refractivity contribution in [1.82, 2.24) is 5.32 Å². The molecule has 0 aliphatic carbocycles. The van der Waals surface area contributed by atoms with Crippen molar-refractivity contribution in [1.29, 1.82) is 0 Å². The summed E-state index contributed by atoms with van der Waals surface area (Å²) >= 11 is 0. The van der Waals surface area contributed by atoms with Gasteiger partial charge in [0.2, 0.25) is 0 Å². The Morgan fingerprint density at radius 3 is 1.19 bits per heavy atom. The van der Waals surface area contributed by atoms with Crippen molar-refractivity contribution in [2.45, 2.75) is 39.2 Å². The summed E-state index contributed by atoms with van der Waals surface area (Å²) in [5, 5.41) is 2.72. The van der Waals surface area contributed by atoms with E-state index in [0.717, 1.165) is 12.8 Å². The van der Waals surface area contributed by atoms with E-state index in [1.165, 1.54) is 0 Å². The SMILES string of the molecule is CC(C)(C)OC(=O)NCCCCOCCOCCOCCOCCOCCOCCOCCOCCN. The number of carbonyl (C=O) groups is 1. The molecule has 0 radical (unpaired) electrons. The maximum atomic E-state index is 11.5. The van der Waals surface area contributed by atoms with E-state index in [1.807, 2.05) is 20.8 Å². The number of alkyl carbamates (subject to hydrolysis) is 1. The van der Waals surface area contributed by atoms with Crippen LogP contribution in [0.3, 0.4) is 0 Å². The molecule has 12 heteroatoms. The fraction of sp³-hybridized carbons (Fsp3) is 0.960. The topological polar surface area (TPSA) is 138 Å². The molecule has 37 heavy (non-hydrogen) atoms. The molecule has 0 aromatic carbocycles. The van der Waals surface area contributed by atoms with E-state index in [4.69, 9.17) is 48.4 Å². The summed E-state index contributed by atoms with van der Waals surface area (Å²) in [6.07, 6.45) is 1.31. The predicted octanol–water partition coefficient (Wildman–Crippen LogP) is 1.38. The summed E-state index contributed by atoms with van der Waals surface area (Å²) in [5.74, 6) is 0. The molecule has 12 nitrogen and oxygen atoms in total. The van der Waals surface area contributed by atoms with Gasteiger partial charge >= 0.3 is 6.09 Å². The van der Waals surface area contributed by atoms with Crippen molar-refractivity contribution in [3.8, 4) is 0 Å². The van der Waals surface area contributed by atoms with Gasteiger partial charge in [0.05, 0.1) is 99.1 Å². The highest BCUT2D eigenvalue weighted by Crippen LogP contribution is 2.06. The van der Waals surface area contributed by atoms with E-state index in [1.54, 1.807) is 0 Å². The minimum atomic E-state index is -0.476. The molecule has 0 atom stereocenters. The minimum absolute atomic E-state index is 0.387. The summed E-state index contributed by atoms with van der Waals surface area (Å²) in [4.78, 5) is 11.5. The lowest BCUT2D eigenvalue weighted by molar-refractivity contribution is -0.0230. The molecule has 0 rings (SSSR count). The van der Waals surface area contributed by atoms with Crippen molar-refractivity contribution in [2.75, 3.05) is 119 Å². The second kappa shape index (κ2) is 27.9. The average Bonchev–Trinajstić information content (AvgIpc) is 2.84. The van der Waals surface area contributed by atoms with Gasteiger partial charge in [-0.3, -0.25) is 0 Å². The van der Waals surface area contributed by atoms with E-state index in [9.17, 15) is 4.79 Å². The Labute approximate surface area is 223 Å². The first kappa shape index (κ1) is 35.9. The Morgan fingerprint density at radius 1 is 0.541 bits per heavy atom. The van der Waals surface area contributed by atoms with Crippen LogP contribution in [0, 0.1) is 0 Å². The predicted molar refractivity (Wildman–Crippen MR) is 139 cm³/mol. The van der Waals surface area contributed by atoms with Gasteiger partial charge in [0.25, 0.3) is 0 Å². The molecule has 0 unspecified atom stereocenters. The molecule has 0 saturated heterocycles. The molecule has 3 N–H and O–H groups in total. The maximum Gasteiger partial charge on any atom is 0.407 e. The van der Waals surface area contributed by atoms with Crippen molar-refractivity contribution in [2.24, 2.45) is 5.73 Å². The number of amides is 1. The molecule has 222 valence electrons. The highest BCUT2D eigenvalue weighted by Gasteiger charge is 2.15. The average molecular weight is 541 g/mol. The fourth-order valence-electron chi connectivity index (χ4n) is 2.56. The van der Waals surface area contributed by atoms with Gasteiger partial charge < -0.3 is 53.7 Å². The second-order valence-corrected chi connectivity index (χ2v) is 8.82. The highest BCUT2D eigenvalue weighted by molar-refractivity contribution is 5.67. The second-order valence-electron chi connectivity index (χ2n) is 8.82. The lowest BCUT2D eigenvalue weighted by Crippen LogP contribution is -2.33. The summed E-state index contributed by atoms with van der Waals surface area (Å²) in [5.41, 5.74) is 4.84. The van der Waals surface area contributed by atoms with Crippen LogP contribution in [0.2, 0.25) is 0 Å². The van der Waals surface area contributed by atoms with E-state index in [0.29, 0.717) is 119 Å². The number of nitrogens with two attached hydrogens (primary N) is 1. The molecule has 0 spiro atoms. The number of carbonyl (C=O) groups excluding carboxylic acids is 1. The number of hydrogen-bond donors (Lipinski definition) is 2. The van der Waals surface area contributed by atoms with Crippen LogP contribution >= 0.6 is 0 Å². The van der Waals surface area contributed by atoms with E-state index >= 15 is 0 Å². The first-order valence-corrected chi connectivity index (χ1v) is 13.2. The van der Waals surface area contributed by atoms with Gasteiger partial charge in [-0.25, -0.2) is 4.79 Å². The van der Waals surface area contributed by atoms with Gasteiger partial charge in [-0.05, 0) is 33.6 Å². The molecule has 1 amide bonds. The van der Waals surface area contributed by atoms with Crippen LogP contribution in [0.4, 0.5) is 4.79 Å². The van der Waals surface area contributed by atoms with Gasteiger partial charge in [-0.2, -0.15) is 0 Å². The highest BCUT2D eigenvalue weighted by atomic mass is 16.6. The Kier molecular flexibility index (Phi) is 27.1. The van der Waals surface area contributed by atoms with Crippen molar-refractivity contribution in [3.63, 3.8) is 0 Å². The van der Waals surface area contributed by atoms with Crippen LogP contribution in [0.1, 0.15) is 33.6 Å². The number of ether oxygens (including phenoxy) is 9. The zero-order valence-electron chi connectivity index (χ0n) is 23.3. The molecule has 0 bridgehead atoms. The van der Waals surface area contributed by atoms with Crippen LogP contribution in [-0.2, 0) is 42.6 Å². The molecule has 0 aliphatic rings. The first-order chi connectivity index (χ1) is 18.0.